The fraction of sp³-hybridized carbons (Fsp3) is 0.0769. The van der Waals surface area contributed by atoms with Gasteiger partial charge in [-0.15, -0.1) is 0 Å². The second-order valence-corrected chi connectivity index (χ2v) is 5.11. The van der Waals surface area contributed by atoms with Crippen molar-refractivity contribution >= 4 is 45.0 Å². The van der Waals surface area contributed by atoms with Crippen LogP contribution >= 0.6 is 27.5 Å². The first-order chi connectivity index (χ1) is 8.97. The minimum atomic E-state index is -1.05. The number of aryl methyl sites for hydroxylation is 1. The van der Waals surface area contributed by atoms with E-state index in [9.17, 15) is 4.79 Å². The highest BCUT2D eigenvalue weighted by Gasteiger charge is 2.09. The van der Waals surface area contributed by atoms with Crippen molar-refractivity contribution in [2.45, 2.75) is 6.92 Å². The molecule has 0 saturated carbocycles. The van der Waals surface area contributed by atoms with Gasteiger partial charge in [0.1, 0.15) is 11.0 Å². The van der Waals surface area contributed by atoms with Crippen molar-refractivity contribution in [3.8, 4) is 0 Å². The topological polar surface area (TPSA) is 62.2 Å². The highest BCUT2D eigenvalue weighted by atomic mass is 79.9. The van der Waals surface area contributed by atoms with Crippen LogP contribution in [0.25, 0.3) is 0 Å². The number of anilines is 2. The molecule has 0 aliphatic carbocycles. The number of nitrogens with zero attached hydrogens (tertiary/aromatic N) is 1. The molecule has 0 radical (unpaired) electrons. The van der Waals surface area contributed by atoms with Crippen LogP contribution in [0.3, 0.4) is 0 Å². The summed E-state index contributed by atoms with van der Waals surface area (Å²) in [6.45, 7) is 1.96. The van der Waals surface area contributed by atoms with Crippen LogP contribution in [0.4, 0.5) is 11.5 Å². The fourth-order valence-corrected chi connectivity index (χ4v) is 2.14. The maximum Gasteiger partial charge on any atom is 0.335 e. The second kappa shape index (κ2) is 5.59. The van der Waals surface area contributed by atoms with Gasteiger partial charge in [-0.2, -0.15) is 0 Å². The molecular weight excluding hydrogens is 332 g/mol. The van der Waals surface area contributed by atoms with E-state index in [-0.39, 0.29) is 10.7 Å². The first-order valence-corrected chi connectivity index (χ1v) is 6.57. The quantitative estimate of drug-likeness (QED) is 0.819. The van der Waals surface area contributed by atoms with Crippen LogP contribution in [-0.2, 0) is 0 Å². The largest absolute Gasteiger partial charge is 0.478 e. The molecule has 1 aromatic carbocycles. The third-order valence-corrected chi connectivity index (χ3v) is 3.74. The van der Waals surface area contributed by atoms with Gasteiger partial charge in [0, 0.05) is 4.47 Å². The number of aromatic carboxylic acids is 1. The minimum Gasteiger partial charge on any atom is -0.478 e. The molecule has 0 amide bonds. The molecule has 19 heavy (non-hydrogen) atoms. The standard InChI is InChI=1S/C13H10BrClN2O2/c1-7-3-2-4-9(12(7)14)16-11-6-8(13(18)19)5-10(15)17-11/h2-6H,1H3,(H,16,17)(H,18,19). The van der Waals surface area contributed by atoms with Crippen molar-refractivity contribution in [1.82, 2.24) is 4.98 Å². The van der Waals surface area contributed by atoms with Gasteiger partial charge in [-0.25, -0.2) is 9.78 Å². The SMILES string of the molecule is Cc1cccc(Nc2cc(C(=O)O)cc(Cl)n2)c1Br. The summed E-state index contributed by atoms with van der Waals surface area (Å²) >= 11 is 9.27. The molecule has 2 rings (SSSR count). The van der Waals surface area contributed by atoms with Gasteiger partial charge in [0.05, 0.1) is 11.3 Å². The molecule has 0 aliphatic heterocycles. The molecule has 2 aromatic rings. The van der Waals surface area contributed by atoms with E-state index in [0.717, 1.165) is 15.7 Å². The number of hydrogen-bond acceptors (Lipinski definition) is 3. The Labute approximate surface area is 123 Å². The lowest BCUT2D eigenvalue weighted by molar-refractivity contribution is 0.0697. The molecular formula is C13H10BrClN2O2. The zero-order valence-electron chi connectivity index (χ0n) is 9.95. The van der Waals surface area contributed by atoms with Crippen LogP contribution in [0.15, 0.2) is 34.8 Å². The van der Waals surface area contributed by atoms with Crippen molar-refractivity contribution in [2.75, 3.05) is 5.32 Å². The molecule has 0 saturated heterocycles. The van der Waals surface area contributed by atoms with E-state index in [1.54, 1.807) is 0 Å². The lowest BCUT2D eigenvalue weighted by Gasteiger charge is -2.10. The summed E-state index contributed by atoms with van der Waals surface area (Å²) in [6, 6.07) is 8.46. The van der Waals surface area contributed by atoms with Gasteiger partial charge in [0.15, 0.2) is 0 Å². The lowest BCUT2D eigenvalue weighted by Crippen LogP contribution is -2.01. The summed E-state index contributed by atoms with van der Waals surface area (Å²) in [5.74, 6) is -0.660. The zero-order chi connectivity index (χ0) is 14.0. The molecule has 0 bridgehead atoms. The number of benzene rings is 1. The van der Waals surface area contributed by atoms with Crippen LogP contribution in [0, 0.1) is 6.92 Å². The molecule has 1 aromatic heterocycles. The highest BCUT2D eigenvalue weighted by Crippen LogP contribution is 2.28. The summed E-state index contributed by atoms with van der Waals surface area (Å²) in [6.07, 6.45) is 0. The van der Waals surface area contributed by atoms with Crippen molar-refractivity contribution in [2.24, 2.45) is 0 Å². The summed E-state index contributed by atoms with van der Waals surface area (Å²) < 4.78 is 0.897. The van der Waals surface area contributed by atoms with Gasteiger partial charge < -0.3 is 10.4 Å². The first kappa shape index (κ1) is 13.8. The maximum atomic E-state index is 11.0. The van der Waals surface area contributed by atoms with Gasteiger partial charge in [-0.1, -0.05) is 23.7 Å². The van der Waals surface area contributed by atoms with Crippen molar-refractivity contribution < 1.29 is 9.90 Å². The monoisotopic (exact) mass is 340 g/mol. The molecule has 1 heterocycles. The molecule has 0 fully saturated rings. The zero-order valence-corrected chi connectivity index (χ0v) is 12.3. The molecule has 2 N–H and O–H groups in total. The van der Waals surface area contributed by atoms with Crippen molar-refractivity contribution in [3.63, 3.8) is 0 Å². The molecule has 6 heteroatoms. The van der Waals surface area contributed by atoms with Crippen LogP contribution < -0.4 is 5.32 Å². The predicted molar refractivity (Wildman–Crippen MR) is 78.4 cm³/mol. The Hall–Kier alpha value is -1.59. The van der Waals surface area contributed by atoms with Crippen LogP contribution in [0.5, 0.6) is 0 Å². The highest BCUT2D eigenvalue weighted by molar-refractivity contribution is 9.10. The summed E-state index contributed by atoms with van der Waals surface area (Å²) in [5, 5.41) is 12.1. The van der Waals surface area contributed by atoms with Gasteiger partial charge in [-0.3, -0.25) is 0 Å². The number of aromatic nitrogens is 1. The molecule has 4 nitrogen and oxygen atoms in total. The second-order valence-electron chi connectivity index (χ2n) is 3.93. The Morgan fingerprint density at radius 3 is 2.84 bits per heavy atom. The van der Waals surface area contributed by atoms with E-state index >= 15 is 0 Å². The molecule has 0 spiro atoms. The third-order valence-electron chi connectivity index (χ3n) is 2.50. The number of pyridine rings is 1. The average molecular weight is 342 g/mol. The number of carboxylic acids is 1. The number of hydrogen-bond donors (Lipinski definition) is 2. The fourth-order valence-electron chi connectivity index (χ4n) is 1.57. The molecule has 0 atom stereocenters. The number of carboxylic acid groups (broad SMARTS) is 1. The Balaban J connectivity index is 2.38. The van der Waals surface area contributed by atoms with E-state index in [0.29, 0.717) is 5.82 Å². The van der Waals surface area contributed by atoms with Crippen molar-refractivity contribution in [1.29, 1.82) is 0 Å². The number of nitrogens with one attached hydrogen (secondary N) is 1. The van der Waals surface area contributed by atoms with E-state index < -0.39 is 5.97 Å². The van der Waals surface area contributed by atoms with E-state index in [2.05, 4.69) is 26.2 Å². The molecule has 0 unspecified atom stereocenters. The van der Waals surface area contributed by atoms with Gasteiger partial charge in [-0.05, 0) is 46.6 Å². The lowest BCUT2D eigenvalue weighted by atomic mass is 10.2. The predicted octanol–water partition coefficient (Wildman–Crippen LogP) is 4.25. The van der Waals surface area contributed by atoms with Gasteiger partial charge in [0.25, 0.3) is 0 Å². The smallest absolute Gasteiger partial charge is 0.335 e. The minimum absolute atomic E-state index is 0.0891. The van der Waals surface area contributed by atoms with Gasteiger partial charge >= 0.3 is 5.97 Å². The van der Waals surface area contributed by atoms with Gasteiger partial charge in [0.2, 0.25) is 0 Å². The third kappa shape index (κ3) is 3.24. The molecule has 0 aliphatic rings. The maximum absolute atomic E-state index is 11.0. The average Bonchev–Trinajstić information content (AvgIpc) is 2.34. The summed E-state index contributed by atoms with van der Waals surface area (Å²) in [4.78, 5) is 15.0. The number of halogens is 2. The van der Waals surface area contributed by atoms with Crippen LogP contribution in [0.1, 0.15) is 15.9 Å². The number of carbonyl (C=O) groups is 1. The van der Waals surface area contributed by atoms with E-state index in [1.807, 2.05) is 25.1 Å². The Bertz CT molecular complexity index is 647. The van der Waals surface area contributed by atoms with E-state index in [1.165, 1.54) is 12.1 Å². The van der Waals surface area contributed by atoms with Crippen molar-refractivity contribution in [3.05, 3.63) is 51.1 Å². The Morgan fingerprint density at radius 1 is 1.42 bits per heavy atom. The summed E-state index contributed by atoms with van der Waals surface area (Å²) in [5.41, 5.74) is 1.95. The normalized spacial score (nSPS) is 10.3. The Kier molecular flexibility index (Phi) is 4.07. The molecule has 98 valence electrons. The first-order valence-electron chi connectivity index (χ1n) is 5.40. The van der Waals surface area contributed by atoms with Crippen LogP contribution in [-0.4, -0.2) is 16.1 Å². The number of rotatable bonds is 3. The van der Waals surface area contributed by atoms with Crippen LogP contribution in [0.2, 0.25) is 5.15 Å². The Morgan fingerprint density at radius 2 is 2.16 bits per heavy atom. The summed E-state index contributed by atoms with van der Waals surface area (Å²) in [7, 11) is 0. The van der Waals surface area contributed by atoms with E-state index in [4.69, 9.17) is 16.7 Å².